The van der Waals surface area contributed by atoms with E-state index in [1.165, 1.54) is 0 Å². The fourth-order valence-electron chi connectivity index (χ4n) is 0.999. The molecule has 1 aromatic carbocycles. The number of hydrogen-bond donors (Lipinski definition) is 0. The third-order valence-corrected chi connectivity index (χ3v) is 2.22. The highest BCUT2D eigenvalue weighted by molar-refractivity contribution is 9.10. The lowest BCUT2D eigenvalue weighted by molar-refractivity contribution is 1.40. The SMILES string of the molecule is Brc1ccnc2cc[c]cc12. The van der Waals surface area contributed by atoms with Crippen molar-refractivity contribution < 1.29 is 0 Å². The molecule has 0 fully saturated rings. The summed E-state index contributed by atoms with van der Waals surface area (Å²) < 4.78 is 1.07. The molecule has 0 aliphatic carbocycles. The van der Waals surface area contributed by atoms with Crippen molar-refractivity contribution >= 4 is 26.8 Å². The Morgan fingerprint density at radius 1 is 1.36 bits per heavy atom. The van der Waals surface area contributed by atoms with Crippen LogP contribution in [0.5, 0.6) is 0 Å². The zero-order chi connectivity index (χ0) is 7.68. The predicted molar refractivity (Wildman–Crippen MR) is 48.3 cm³/mol. The quantitative estimate of drug-likeness (QED) is 0.647. The van der Waals surface area contributed by atoms with Crippen LogP contribution >= 0.6 is 15.9 Å². The Balaban J connectivity index is 2.91. The summed E-state index contributed by atoms with van der Waals surface area (Å²) >= 11 is 3.44. The number of pyridine rings is 1. The molecule has 2 aromatic rings. The van der Waals surface area contributed by atoms with Gasteiger partial charge in [0, 0.05) is 16.1 Å². The Labute approximate surface area is 73.2 Å². The third-order valence-electron chi connectivity index (χ3n) is 1.53. The number of rotatable bonds is 0. The first-order valence-electron chi connectivity index (χ1n) is 3.28. The van der Waals surface area contributed by atoms with Crippen LogP contribution in [-0.2, 0) is 0 Å². The number of hydrogen-bond acceptors (Lipinski definition) is 1. The molecule has 11 heavy (non-hydrogen) atoms. The van der Waals surface area contributed by atoms with E-state index < -0.39 is 0 Å². The molecule has 0 unspecified atom stereocenters. The van der Waals surface area contributed by atoms with E-state index in [-0.39, 0.29) is 0 Å². The van der Waals surface area contributed by atoms with Crippen LogP contribution in [0.3, 0.4) is 0 Å². The third kappa shape index (κ3) is 1.14. The molecule has 1 radical (unpaired) electrons. The maximum Gasteiger partial charge on any atom is 0.0713 e. The molecule has 1 aromatic heterocycles. The summed E-state index contributed by atoms with van der Waals surface area (Å²) in [4.78, 5) is 4.19. The van der Waals surface area contributed by atoms with Gasteiger partial charge in [-0.1, -0.05) is 22.0 Å². The average Bonchev–Trinajstić information content (AvgIpc) is 2.06. The van der Waals surface area contributed by atoms with Gasteiger partial charge in [0.1, 0.15) is 0 Å². The molecule has 1 nitrogen and oxygen atoms in total. The minimum atomic E-state index is 0.998. The zero-order valence-corrected chi connectivity index (χ0v) is 7.30. The van der Waals surface area contributed by atoms with E-state index in [0.29, 0.717) is 0 Å². The summed E-state index contributed by atoms with van der Waals surface area (Å²) in [6.45, 7) is 0. The van der Waals surface area contributed by atoms with Gasteiger partial charge in [0.15, 0.2) is 0 Å². The average molecular weight is 207 g/mol. The molecule has 0 N–H and O–H groups in total. The van der Waals surface area contributed by atoms with E-state index in [4.69, 9.17) is 0 Å². The highest BCUT2D eigenvalue weighted by Crippen LogP contribution is 2.20. The summed E-state index contributed by atoms with van der Waals surface area (Å²) in [5.41, 5.74) is 0.998. The van der Waals surface area contributed by atoms with Gasteiger partial charge in [-0.15, -0.1) is 0 Å². The van der Waals surface area contributed by atoms with Crippen molar-refractivity contribution in [3.63, 3.8) is 0 Å². The minimum absolute atomic E-state index is 0.998. The fourth-order valence-corrected chi connectivity index (χ4v) is 1.43. The fraction of sp³-hybridized carbons (Fsp3) is 0. The van der Waals surface area contributed by atoms with E-state index >= 15 is 0 Å². The summed E-state index contributed by atoms with van der Waals surface area (Å²) in [6, 6.07) is 10.7. The summed E-state index contributed by atoms with van der Waals surface area (Å²) in [5.74, 6) is 0. The Bertz CT molecular complexity index is 379. The monoisotopic (exact) mass is 206 g/mol. The van der Waals surface area contributed by atoms with Crippen LogP contribution in [0.2, 0.25) is 0 Å². The standard InChI is InChI=1S/C9H5BrN/c10-8-5-6-11-9-4-2-1-3-7(8)9/h2-6H. The molecule has 0 saturated carbocycles. The molecule has 2 rings (SSSR count). The van der Waals surface area contributed by atoms with Crippen LogP contribution in [0, 0.1) is 6.07 Å². The minimum Gasteiger partial charge on any atom is -0.256 e. The van der Waals surface area contributed by atoms with Gasteiger partial charge in [-0.2, -0.15) is 0 Å². The first-order valence-corrected chi connectivity index (χ1v) is 4.07. The predicted octanol–water partition coefficient (Wildman–Crippen LogP) is 2.80. The van der Waals surface area contributed by atoms with Crippen molar-refractivity contribution in [2.24, 2.45) is 0 Å². The smallest absolute Gasteiger partial charge is 0.0713 e. The molecule has 0 atom stereocenters. The van der Waals surface area contributed by atoms with Crippen LogP contribution in [0.25, 0.3) is 10.9 Å². The second kappa shape index (κ2) is 2.62. The number of nitrogens with zero attached hydrogens (tertiary/aromatic N) is 1. The molecule has 0 aliphatic rings. The molecular weight excluding hydrogens is 202 g/mol. The van der Waals surface area contributed by atoms with Gasteiger partial charge in [0.2, 0.25) is 0 Å². The van der Waals surface area contributed by atoms with Crippen molar-refractivity contribution in [3.8, 4) is 0 Å². The van der Waals surface area contributed by atoms with Crippen LogP contribution < -0.4 is 0 Å². The largest absolute Gasteiger partial charge is 0.256 e. The van der Waals surface area contributed by atoms with Gasteiger partial charge in [-0.25, -0.2) is 0 Å². The molecule has 2 heteroatoms. The normalized spacial score (nSPS) is 10.3. The van der Waals surface area contributed by atoms with E-state index in [0.717, 1.165) is 15.4 Å². The van der Waals surface area contributed by atoms with E-state index in [1.54, 1.807) is 6.20 Å². The molecule has 0 aliphatic heterocycles. The molecule has 0 bridgehead atoms. The molecule has 53 valence electrons. The van der Waals surface area contributed by atoms with Gasteiger partial charge >= 0.3 is 0 Å². The lowest BCUT2D eigenvalue weighted by atomic mass is 10.2. The number of benzene rings is 1. The summed E-state index contributed by atoms with van der Waals surface area (Å²) in [5, 5.41) is 1.11. The van der Waals surface area contributed by atoms with Crippen molar-refractivity contribution in [1.29, 1.82) is 0 Å². The van der Waals surface area contributed by atoms with Crippen molar-refractivity contribution in [2.75, 3.05) is 0 Å². The molecular formula is C9H5BrN. The molecule has 0 amide bonds. The van der Waals surface area contributed by atoms with E-state index in [1.807, 2.05) is 24.3 Å². The number of fused-ring (bicyclic) bond motifs is 1. The van der Waals surface area contributed by atoms with Crippen molar-refractivity contribution in [3.05, 3.63) is 41.0 Å². The van der Waals surface area contributed by atoms with Crippen molar-refractivity contribution in [1.82, 2.24) is 4.98 Å². The molecule has 1 heterocycles. The molecule has 0 saturated heterocycles. The summed E-state index contributed by atoms with van der Waals surface area (Å²) in [6.07, 6.45) is 1.78. The van der Waals surface area contributed by atoms with Gasteiger partial charge in [0.25, 0.3) is 0 Å². The second-order valence-electron chi connectivity index (χ2n) is 2.24. The zero-order valence-electron chi connectivity index (χ0n) is 5.71. The maximum absolute atomic E-state index is 4.19. The molecule has 0 spiro atoms. The topological polar surface area (TPSA) is 12.9 Å². The lowest BCUT2D eigenvalue weighted by Crippen LogP contribution is -1.77. The Morgan fingerprint density at radius 3 is 3.09 bits per heavy atom. The number of aromatic nitrogens is 1. The Morgan fingerprint density at radius 2 is 2.27 bits per heavy atom. The van der Waals surface area contributed by atoms with Crippen molar-refractivity contribution in [2.45, 2.75) is 0 Å². The van der Waals surface area contributed by atoms with Gasteiger partial charge in [-0.3, -0.25) is 4.98 Å². The van der Waals surface area contributed by atoms with E-state index in [2.05, 4.69) is 27.0 Å². The lowest BCUT2D eigenvalue weighted by Gasteiger charge is -1.96. The van der Waals surface area contributed by atoms with Gasteiger partial charge in [0.05, 0.1) is 5.52 Å². The Kier molecular flexibility index (Phi) is 1.62. The van der Waals surface area contributed by atoms with Crippen LogP contribution in [0.4, 0.5) is 0 Å². The van der Waals surface area contributed by atoms with E-state index in [9.17, 15) is 0 Å². The highest BCUT2D eigenvalue weighted by Gasteiger charge is 1.95. The number of halogens is 1. The second-order valence-corrected chi connectivity index (χ2v) is 3.09. The van der Waals surface area contributed by atoms with Crippen LogP contribution in [-0.4, -0.2) is 4.98 Å². The van der Waals surface area contributed by atoms with Crippen LogP contribution in [0.1, 0.15) is 0 Å². The van der Waals surface area contributed by atoms with Gasteiger partial charge in [-0.05, 0) is 24.3 Å². The maximum atomic E-state index is 4.19. The van der Waals surface area contributed by atoms with Crippen LogP contribution in [0.15, 0.2) is 34.9 Å². The first-order chi connectivity index (χ1) is 5.38. The highest BCUT2D eigenvalue weighted by atomic mass is 79.9. The Hall–Kier alpha value is -0.890. The van der Waals surface area contributed by atoms with Gasteiger partial charge < -0.3 is 0 Å². The summed E-state index contributed by atoms with van der Waals surface area (Å²) in [7, 11) is 0. The first kappa shape index (κ1) is 6.80.